The summed E-state index contributed by atoms with van der Waals surface area (Å²) in [7, 11) is 1.69. The minimum absolute atomic E-state index is 0.0192. The lowest BCUT2D eigenvalue weighted by Gasteiger charge is -2.20. The molecule has 0 bridgehead atoms. The number of halogens is 3. The van der Waals surface area contributed by atoms with E-state index in [-0.39, 0.29) is 10.0 Å². The molecule has 1 heterocycles. The Morgan fingerprint density at radius 3 is 2.67 bits per heavy atom. The number of rotatable bonds is 3. The maximum absolute atomic E-state index is 14.3. The number of hydrogen-bond acceptors (Lipinski definition) is 2. The van der Waals surface area contributed by atoms with Crippen molar-refractivity contribution < 1.29 is 13.5 Å². The van der Waals surface area contributed by atoms with Crippen LogP contribution in [0.25, 0.3) is 0 Å². The highest BCUT2D eigenvalue weighted by atomic mass is 79.9. The molecule has 0 amide bonds. The second-order valence-corrected chi connectivity index (χ2v) is 5.85. The van der Waals surface area contributed by atoms with Crippen molar-refractivity contribution in [2.24, 2.45) is 0 Å². The first kappa shape index (κ1) is 14.6. The van der Waals surface area contributed by atoms with Gasteiger partial charge in [0.1, 0.15) is 11.6 Å². The summed E-state index contributed by atoms with van der Waals surface area (Å²) in [6.45, 7) is 1.14. The topological polar surface area (TPSA) is 21.3 Å². The zero-order valence-electron chi connectivity index (χ0n) is 11.4. The Kier molecular flexibility index (Phi) is 4.06. The van der Waals surface area contributed by atoms with E-state index in [1.54, 1.807) is 7.05 Å². The summed E-state index contributed by atoms with van der Waals surface area (Å²) in [5.74, 6) is -1.14. The van der Waals surface area contributed by atoms with Crippen LogP contribution in [0.1, 0.15) is 28.3 Å². The third-order valence-corrected chi connectivity index (χ3v) is 4.35. The Hall–Kier alpha value is -1.30. The van der Waals surface area contributed by atoms with Gasteiger partial charge in [-0.25, -0.2) is 8.78 Å². The van der Waals surface area contributed by atoms with E-state index < -0.39 is 17.7 Å². The van der Waals surface area contributed by atoms with E-state index in [9.17, 15) is 8.78 Å². The van der Waals surface area contributed by atoms with E-state index >= 15 is 0 Å². The molecular formula is C16H14BrF2NO. The average molecular weight is 354 g/mol. The Balaban J connectivity index is 2.09. The first-order valence-corrected chi connectivity index (χ1v) is 7.41. The van der Waals surface area contributed by atoms with Crippen LogP contribution in [0.5, 0.6) is 0 Å². The Morgan fingerprint density at radius 2 is 1.90 bits per heavy atom. The SMILES string of the molecule is CNC(c1ccc2c(c1)COC2)c1c(F)ccc(Br)c1F. The molecule has 1 N–H and O–H groups in total. The van der Waals surface area contributed by atoms with E-state index in [1.165, 1.54) is 12.1 Å². The van der Waals surface area contributed by atoms with E-state index in [4.69, 9.17) is 4.74 Å². The highest BCUT2D eigenvalue weighted by Gasteiger charge is 2.23. The maximum atomic E-state index is 14.3. The van der Waals surface area contributed by atoms with Crippen LogP contribution in [-0.2, 0) is 18.0 Å². The maximum Gasteiger partial charge on any atom is 0.145 e. The molecule has 0 aliphatic carbocycles. The van der Waals surface area contributed by atoms with Crippen molar-refractivity contribution in [1.82, 2.24) is 5.32 Å². The third-order valence-electron chi connectivity index (χ3n) is 3.74. The van der Waals surface area contributed by atoms with E-state index in [1.807, 2.05) is 18.2 Å². The van der Waals surface area contributed by atoms with Crippen molar-refractivity contribution in [3.8, 4) is 0 Å². The zero-order chi connectivity index (χ0) is 15.0. The third kappa shape index (κ3) is 2.61. The first-order chi connectivity index (χ1) is 10.1. The smallest absolute Gasteiger partial charge is 0.145 e. The fourth-order valence-electron chi connectivity index (χ4n) is 2.66. The second kappa shape index (κ2) is 5.83. The fourth-order valence-corrected chi connectivity index (χ4v) is 3.00. The minimum atomic E-state index is -0.578. The monoisotopic (exact) mass is 353 g/mol. The van der Waals surface area contributed by atoms with Crippen LogP contribution in [0.2, 0.25) is 0 Å². The largest absolute Gasteiger partial charge is 0.372 e. The molecule has 1 aliphatic heterocycles. The van der Waals surface area contributed by atoms with Crippen LogP contribution < -0.4 is 5.32 Å². The molecule has 2 nitrogen and oxygen atoms in total. The van der Waals surface area contributed by atoms with Crippen LogP contribution in [0.3, 0.4) is 0 Å². The molecule has 21 heavy (non-hydrogen) atoms. The molecule has 0 saturated heterocycles. The molecule has 2 aromatic carbocycles. The Morgan fingerprint density at radius 1 is 1.14 bits per heavy atom. The van der Waals surface area contributed by atoms with Gasteiger partial charge in [0.05, 0.1) is 23.7 Å². The molecule has 1 atom stereocenters. The van der Waals surface area contributed by atoms with Crippen LogP contribution in [-0.4, -0.2) is 7.05 Å². The molecule has 3 rings (SSSR count). The van der Waals surface area contributed by atoms with Crippen molar-refractivity contribution in [2.45, 2.75) is 19.3 Å². The summed E-state index contributed by atoms with van der Waals surface area (Å²) >= 11 is 3.11. The lowest BCUT2D eigenvalue weighted by atomic mass is 9.95. The molecule has 110 valence electrons. The summed E-state index contributed by atoms with van der Waals surface area (Å²) in [4.78, 5) is 0. The van der Waals surface area contributed by atoms with Gasteiger partial charge in [-0.1, -0.05) is 18.2 Å². The summed E-state index contributed by atoms with van der Waals surface area (Å²) in [5, 5.41) is 2.99. The van der Waals surface area contributed by atoms with Crippen LogP contribution in [0.15, 0.2) is 34.8 Å². The molecular weight excluding hydrogens is 340 g/mol. The predicted octanol–water partition coefficient (Wildman–Crippen LogP) is 4.07. The molecule has 0 aromatic heterocycles. The predicted molar refractivity (Wildman–Crippen MR) is 79.9 cm³/mol. The molecule has 1 unspecified atom stereocenters. The highest BCUT2D eigenvalue weighted by Crippen LogP contribution is 2.32. The molecule has 0 radical (unpaired) electrons. The van der Waals surface area contributed by atoms with Gasteiger partial charge in [0.25, 0.3) is 0 Å². The van der Waals surface area contributed by atoms with Crippen molar-refractivity contribution in [1.29, 1.82) is 0 Å². The first-order valence-electron chi connectivity index (χ1n) is 6.62. The average Bonchev–Trinajstić information content (AvgIpc) is 2.95. The molecule has 0 spiro atoms. The van der Waals surface area contributed by atoms with Gasteiger partial charge in [-0.15, -0.1) is 0 Å². The van der Waals surface area contributed by atoms with Gasteiger partial charge in [0.15, 0.2) is 0 Å². The van der Waals surface area contributed by atoms with Crippen LogP contribution in [0, 0.1) is 11.6 Å². The quantitative estimate of drug-likeness (QED) is 0.840. The summed E-state index contributed by atoms with van der Waals surface area (Å²) in [6, 6.07) is 7.88. The number of fused-ring (bicyclic) bond motifs is 1. The van der Waals surface area contributed by atoms with Crippen LogP contribution >= 0.6 is 15.9 Å². The fraction of sp³-hybridized carbons (Fsp3) is 0.250. The van der Waals surface area contributed by atoms with Gasteiger partial charge in [0.2, 0.25) is 0 Å². The Labute approximate surface area is 130 Å². The van der Waals surface area contributed by atoms with Crippen molar-refractivity contribution in [3.63, 3.8) is 0 Å². The van der Waals surface area contributed by atoms with Crippen molar-refractivity contribution in [3.05, 3.63) is 68.7 Å². The molecule has 5 heteroatoms. The lowest BCUT2D eigenvalue weighted by molar-refractivity contribution is 0.134. The Bertz CT molecular complexity index is 690. The zero-order valence-corrected chi connectivity index (χ0v) is 13.0. The summed E-state index contributed by atoms with van der Waals surface area (Å²) in [6.07, 6.45) is 0. The van der Waals surface area contributed by atoms with Crippen LogP contribution in [0.4, 0.5) is 8.78 Å². The minimum Gasteiger partial charge on any atom is -0.372 e. The number of nitrogens with one attached hydrogen (secondary N) is 1. The number of hydrogen-bond donors (Lipinski definition) is 1. The molecule has 0 saturated carbocycles. The van der Waals surface area contributed by atoms with Gasteiger partial charge < -0.3 is 10.1 Å². The van der Waals surface area contributed by atoms with Gasteiger partial charge >= 0.3 is 0 Å². The van der Waals surface area contributed by atoms with Gasteiger partial charge in [0, 0.05) is 5.56 Å². The summed E-state index contributed by atoms with van der Waals surface area (Å²) < 4.78 is 34.0. The van der Waals surface area contributed by atoms with Crippen molar-refractivity contribution in [2.75, 3.05) is 7.05 Å². The van der Waals surface area contributed by atoms with Gasteiger partial charge in [-0.05, 0) is 51.8 Å². The lowest BCUT2D eigenvalue weighted by Crippen LogP contribution is -2.21. The molecule has 2 aromatic rings. The molecule has 1 aliphatic rings. The second-order valence-electron chi connectivity index (χ2n) is 5.00. The standard InChI is InChI=1S/C16H14BrF2NO/c1-20-16(14-13(18)5-4-12(17)15(14)19)9-2-3-10-7-21-8-11(10)6-9/h2-6,16,20H,7-8H2,1H3. The number of ether oxygens (including phenoxy) is 1. The van der Waals surface area contributed by atoms with Crippen molar-refractivity contribution >= 4 is 15.9 Å². The highest BCUT2D eigenvalue weighted by molar-refractivity contribution is 9.10. The normalized spacial score (nSPS) is 15.0. The van der Waals surface area contributed by atoms with Gasteiger partial charge in [-0.2, -0.15) is 0 Å². The van der Waals surface area contributed by atoms with E-state index in [2.05, 4.69) is 21.2 Å². The van der Waals surface area contributed by atoms with Gasteiger partial charge in [-0.3, -0.25) is 0 Å². The van der Waals surface area contributed by atoms with E-state index in [0.717, 1.165) is 16.7 Å². The van der Waals surface area contributed by atoms with E-state index in [0.29, 0.717) is 13.2 Å². The number of benzene rings is 2. The molecule has 0 fully saturated rings. The summed E-state index contributed by atoms with van der Waals surface area (Å²) in [5.41, 5.74) is 3.04.